The maximum atomic E-state index is 12.2. The second-order valence-corrected chi connectivity index (χ2v) is 5.42. The van der Waals surface area contributed by atoms with Crippen LogP contribution in [0.3, 0.4) is 0 Å². The number of Topliss-reactive ketones (excluding diaryl/α,β-unsaturated/α-hetero) is 1. The average molecular weight is 324 g/mol. The highest BCUT2D eigenvalue weighted by Crippen LogP contribution is 2.24. The molecule has 0 radical (unpaired) electrons. The standard InChI is InChI=1S/C15H11Cl2NO3/c1-9-6-11(3-5-14(9)18(20)21)15(19)8-10-2-4-12(16)13(17)7-10/h2-7H,8H2,1H3. The van der Waals surface area contributed by atoms with Gasteiger partial charge in [-0.05, 0) is 36.8 Å². The van der Waals surface area contributed by atoms with Gasteiger partial charge in [0, 0.05) is 23.6 Å². The van der Waals surface area contributed by atoms with E-state index in [1.54, 1.807) is 25.1 Å². The van der Waals surface area contributed by atoms with E-state index in [1.165, 1.54) is 18.2 Å². The minimum absolute atomic E-state index is 0.00101. The number of rotatable bonds is 4. The predicted molar refractivity (Wildman–Crippen MR) is 82.3 cm³/mol. The van der Waals surface area contributed by atoms with Crippen LogP contribution in [-0.2, 0) is 6.42 Å². The van der Waals surface area contributed by atoms with Gasteiger partial charge >= 0.3 is 0 Å². The smallest absolute Gasteiger partial charge is 0.272 e. The number of benzene rings is 2. The maximum Gasteiger partial charge on any atom is 0.272 e. The van der Waals surface area contributed by atoms with Crippen LogP contribution in [0, 0.1) is 17.0 Å². The third kappa shape index (κ3) is 3.60. The van der Waals surface area contributed by atoms with Crippen LogP contribution < -0.4 is 0 Å². The van der Waals surface area contributed by atoms with E-state index in [9.17, 15) is 14.9 Å². The molecule has 0 aliphatic rings. The molecule has 2 rings (SSSR count). The molecule has 2 aromatic carbocycles. The zero-order valence-electron chi connectivity index (χ0n) is 11.1. The van der Waals surface area contributed by atoms with Crippen molar-refractivity contribution in [3.05, 3.63) is 73.2 Å². The van der Waals surface area contributed by atoms with Gasteiger partial charge in [-0.1, -0.05) is 29.3 Å². The number of nitrogens with zero attached hydrogens (tertiary/aromatic N) is 1. The second kappa shape index (κ2) is 6.24. The Balaban J connectivity index is 2.22. The third-order valence-electron chi connectivity index (χ3n) is 3.06. The Morgan fingerprint density at radius 2 is 1.86 bits per heavy atom. The van der Waals surface area contributed by atoms with Gasteiger partial charge < -0.3 is 0 Å². The summed E-state index contributed by atoms with van der Waals surface area (Å²) < 4.78 is 0. The van der Waals surface area contributed by atoms with Crippen LogP contribution in [0.1, 0.15) is 21.5 Å². The van der Waals surface area contributed by atoms with E-state index in [0.29, 0.717) is 21.2 Å². The number of ketones is 1. The molecule has 0 saturated carbocycles. The topological polar surface area (TPSA) is 60.2 Å². The Labute approximate surface area is 131 Å². The van der Waals surface area contributed by atoms with Crippen LogP contribution in [0.5, 0.6) is 0 Å². The van der Waals surface area contributed by atoms with Gasteiger partial charge in [0.2, 0.25) is 0 Å². The van der Waals surface area contributed by atoms with Crippen LogP contribution >= 0.6 is 23.2 Å². The van der Waals surface area contributed by atoms with Crippen molar-refractivity contribution in [1.82, 2.24) is 0 Å². The van der Waals surface area contributed by atoms with Crippen molar-refractivity contribution in [2.24, 2.45) is 0 Å². The number of nitro benzene ring substituents is 1. The third-order valence-corrected chi connectivity index (χ3v) is 3.80. The van der Waals surface area contributed by atoms with Gasteiger partial charge in [0.25, 0.3) is 5.69 Å². The monoisotopic (exact) mass is 323 g/mol. The van der Waals surface area contributed by atoms with E-state index in [1.807, 2.05) is 0 Å². The number of hydrogen-bond donors (Lipinski definition) is 0. The molecular formula is C15H11Cl2NO3. The summed E-state index contributed by atoms with van der Waals surface area (Å²) in [7, 11) is 0. The highest BCUT2D eigenvalue weighted by atomic mass is 35.5. The Bertz CT molecular complexity index is 729. The van der Waals surface area contributed by atoms with Gasteiger partial charge in [0.1, 0.15) is 0 Å². The summed E-state index contributed by atoms with van der Waals surface area (Å²) in [6.07, 6.45) is 0.161. The lowest BCUT2D eigenvalue weighted by molar-refractivity contribution is -0.385. The summed E-state index contributed by atoms with van der Waals surface area (Å²) in [6.45, 7) is 1.61. The molecule has 0 aliphatic carbocycles. The van der Waals surface area contributed by atoms with E-state index >= 15 is 0 Å². The first-order valence-electron chi connectivity index (χ1n) is 6.10. The molecule has 0 aromatic heterocycles. The quantitative estimate of drug-likeness (QED) is 0.468. The van der Waals surface area contributed by atoms with Gasteiger partial charge in [-0.25, -0.2) is 0 Å². The molecule has 0 aliphatic heterocycles. The van der Waals surface area contributed by atoms with Crippen molar-refractivity contribution >= 4 is 34.7 Å². The van der Waals surface area contributed by atoms with Crippen LogP contribution in [0.4, 0.5) is 5.69 Å². The first-order valence-corrected chi connectivity index (χ1v) is 6.86. The van der Waals surface area contributed by atoms with Crippen LogP contribution in [0.2, 0.25) is 10.0 Å². The zero-order valence-corrected chi connectivity index (χ0v) is 12.6. The molecule has 21 heavy (non-hydrogen) atoms. The fourth-order valence-electron chi connectivity index (χ4n) is 1.97. The molecule has 2 aromatic rings. The Morgan fingerprint density at radius 3 is 2.43 bits per heavy atom. The summed E-state index contributed by atoms with van der Waals surface area (Å²) in [6, 6.07) is 9.33. The number of nitro groups is 1. The molecule has 0 amide bonds. The molecule has 0 spiro atoms. The van der Waals surface area contributed by atoms with Crippen LogP contribution in [0.25, 0.3) is 0 Å². The van der Waals surface area contributed by atoms with E-state index in [0.717, 1.165) is 5.56 Å². The van der Waals surface area contributed by atoms with Crippen molar-refractivity contribution in [2.75, 3.05) is 0 Å². The number of halogens is 2. The van der Waals surface area contributed by atoms with Gasteiger partial charge in [-0.2, -0.15) is 0 Å². The molecule has 0 fully saturated rings. The zero-order chi connectivity index (χ0) is 15.6. The minimum Gasteiger partial charge on any atom is -0.294 e. The molecule has 0 heterocycles. The minimum atomic E-state index is -0.470. The molecular weight excluding hydrogens is 313 g/mol. The fraction of sp³-hybridized carbons (Fsp3) is 0.133. The van der Waals surface area contributed by atoms with E-state index in [4.69, 9.17) is 23.2 Å². The van der Waals surface area contributed by atoms with E-state index in [-0.39, 0.29) is 17.9 Å². The van der Waals surface area contributed by atoms with Crippen LogP contribution in [0.15, 0.2) is 36.4 Å². The highest BCUT2D eigenvalue weighted by Gasteiger charge is 2.14. The first-order chi connectivity index (χ1) is 9.88. The normalized spacial score (nSPS) is 10.4. The van der Waals surface area contributed by atoms with Gasteiger partial charge in [0.05, 0.1) is 15.0 Å². The number of carbonyl (C=O) groups excluding carboxylic acids is 1. The van der Waals surface area contributed by atoms with Gasteiger partial charge in [-0.15, -0.1) is 0 Å². The Hall–Kier alpha value is -1.91. The molecule has 0 N–H and O–H groups in total. The predicted octanol–water partition coefficient (Wildman–Crippen LogP) is 4.64. The van der Waals surface area contributed by atoms with Gasteiger partial charge in [0.15, 0.2) is 5.78 Å². The molecule has 0 unspecified atom stereocenters. The Morgan fingerprint density at radius 1 is 1.14 bits per heavy atom. The maximum absolute atomic E-state index is 12.2. The summed E-state index contributed by atoms with van der Waals surface area (Å²) >= 11 is 11.7. The van der Waals surface area contributed by atoms with E-state index in [2.05, 4.69) is 0 Å². The summed E-state index contributed by atoms with van der Waals surface area (Å²) in [5, 5.41) is 11.6. The average Bonchev–Trinajstić information content (AvgIpc) is 2.42. The highest BCUT2D eigenvalue weighted by molar-refractivity contribution is 6.42. The van der Waals surface area contributed by atoms with E-state index < -0.39 is 4.92 Å². The molecule has 4 nitrogen and oxygen atoms in total. The number of carbonyl (C=O) groups is 1. The van der Waals surface area contributed by atoms with Crippen molar-refractivity contribution in [2.45, 2.75) is 13.3 Å². The van der Waals surface area contributed by atoms with Gasteiger partial charge in [-0.3, -0.25) is 14.9 Å². The molecule has 0 saturated heterocycles. The number of hydrogen-bond acceptors (Lipinski definition) is 3. The lowest BCUT2D eigenvalue weighted by atomic mass is 10.0. The summed E-state index contributed by atoms with van der Waals surface area (Å²) in [4.78, 5) is 22.5. The first kappa shape index (κ1) is 15.5. The molecule has 6 heteroatoms. The van der Waals surface area contributed by atoms with Crippen molar-refractivity contribution in [1.29, 1.82) is 0 Å². The lowest BCUT2D eigenvalue weighted by Crippen LogP contribution is -2.04. The van der Waals surface area contributed by atoms with Crippen molar-refractivity contribution in [3.63, 3.8) is 0 Å². The van der Waals surface area contributed by atoms with Crippen molar-refractivity contribution < 1.29 is 9.72 Å². The fourth-order valence-corrected chi connectivity index (χ4v) is 2.29. The molecule has 0 bridgehead atoms. The largest absolute Gasteiger partial charge is 0.294 e. The Kier molecular flexibility index (Phi) is 4.60. The lowest BCUT2D eigenvalue weighted by Gasteiger charge is -2.05. The summed E-state index contributed by atoms with van der Waals surface area (Å²) in [5.41, 5.74) is 1.63. The SMILES string of the molecule is Cc1cc(C(=O)Cc2ccc(Cl)c(Cl)c2)ccc1[N+](=O)[O-]. The second-order valence-electron chi connectivity index (χ2n) is 4.61. The summed E-state index contributed by atoms with van der Waals surface area (Å²) in [5.74, 6) is -0.133. The molecule has 0 atom stereocenters. The van der Waals surface area contributed by atoms with Crippen molar-refractivity contribution in [3.8, 4) is 0 Å². The molecule has 108 valence electrons. The van der Waals surface area contributed by atoms with Crippen LogP contribution in [-0.4, -0.2) is 10.7 Å². The number of aryl methyl sites for hydroxylation is 1.